The van der Waals surface area contributed by atoms with E-state index < -0.39 is 42.0 Å². The van der Waals surface area contributed by atoms with Crippen LogP contribution in [-0.2, 0) is 30.3 Å². The van der Waals surface area contributed by atoms with Gasteiger partial charge in [0, 0.05) is 30.3 Å². The molecule has 0 saturated heterocycles. The van der Waals surface area contributed by atoms with Gasteiger partial charge in [0.2, 0.25) is 17.7 Å². The molecule has 2 aromatic carbocycles. The molecule has 3 aromatic rings. The van der Waals surface area contributed by atoms with Crippen molar-refractivity contribution in [2.24, 2.45) is 11.8 Å². The summed E-state index contributed by atoms with van der Waals surface area (Å²) in [4.78, 5) is 59.2. The Morgan fingerprint density at radius 1 is 0.936 bits per heavy atom. The largest absolute Gasteiger partial charge is 0.508 e. The number of allylic oxidation sites excluding steroid dienone is 2. The lowest BCUT2D eigenvalue weighted by Gasteiger charge is -2.31. The van der Waals surface area contributed by atoms with Crippen LogP contribution in [0.25, 0.3) is 10.9 Å². The molecule has 1 aromatic heterocycles. The number of fused-ring (bicyclic) bond motifs is 1. The lowest BCUT2D eigenvalue weighted by molar-refractivity contribution is -0.149. The molecule has 0 saturated carbocycles. The fourth-order valence-electron chi connectivity index (χ4n) is 6.28. The second kappa shape index (κ2) is 15.6. The predicted octanol–water partition coefficient (Wildman–Crippen LogP) is 5.70. The van der Waals surface area contributed by atoms with E-state index in [9.17, 15) is 24.3 Å². The number of nitrogens with zero attached hydrogens (tertiary/aromatic N) is 1. The Hall–Kier alpha value is -4.12. The van der Waals surface area contributed by atoms with Gasteiger partial charge in [-0.3, -0.25) is 19.2 Å². The number of hydrogen-bond donors (Lipinski definition) is 4. The molecule has 1 aliphatic heterocycles. The highest BCUT2D eigenvalue weighted by molar-refractivity contribution is 9.10. The minimum atomic E-state index is -1.02. The van der Waals surface area contributed by atoms with E-state index in [1.54, 1.807) is 26.1 Å². The first-order valence-corrected chi connectivity index (χ1v) is 16.8. The molecular weight excluding hydrogens is 664 g/mol. The second-order valence-electron chi connectivity index (χ2n) is 12.9. The first-order valence-electron chi connectivity index (χ1n) is 16.0. The van der Waals surface area contributed by atoms with E-state index in [0.717, 1.165) is 22.0 Å². The van der Waals surface area contributed by atoms with E-state index in [0.29, 0.717) is 23.0 Å². The third kappa shape index (κ3) is 9.24. The van der Waals surface area contributed by atoms with Crippen LogP contribution in [0, 0.1) is 11.8 Å². The molecule has 3 amide bonds. The number of esters is 1. The zero-order valence-corrected chi connectivity index (χ0v) is 29.4. The van der Waals surface area contributed by atoms with Crippen LogP contribution in [0.3, 0.4) is 0 Å². The molecule has 11 heteroatoms. The number of benzene rings is 2. The van der Waals surface area contributed by atoms with Crippen LogP contribution in [-0.4, -0.2) is 63.9 Å². The van der Waals surface area contributed by atoms with Crippen molar-refractivity contribution in [1.82, 2.24) is 20.5 Å². The van der Waals surface area contributed by atoms with Gasteiger partial charge in [0.15, 0.2) is 0 Å². The Kier molecular flexibility index (Phi) is 11.9. The molecule has 0 radical (unpaired) electrons. The van der Waals surface area contributed by atoms with Gasteiger partial charge in [0.05, 0.1) is 23.2 Å². The van der Waals surface area contributed by atoms with E-state index in [-0.39, 0.29) is 36.3 Å². The number of phenolic OH excluding ortho intramolecular Hbond substituents is 1. The Morgan fingerprint density at radius 2 is 1.62 bits per heavy atom. The molecule has 0 aliphatic carbocycles. The summed E-state index contributed by atoms with van der Waals surface area (Å²) < 4.78 is 6.47. The van der Waals surface area contributed by atoms with E-state index in [4.69, 9.17) is 4.74 Å². The van der Waals surface area contributed by atoms with Crippen LogP contribution in [0.4, 0.5) is 0 Å². The third-order valence-electron chi connectivity index (χ3n) is 8.67. The highest BCUT2D eigenvalue weighted by atomic mass is 79.9. The SMILES string of the molecule is C/C1=C\C(C)CC(C)OC(=O)CC(c2ccc(O)cc2)NC(=O)C(Cc2c(Br)[nH]c3ccccc23)N(C)C(=O)C(C)NC(=O)C(C)C1. The number of carbonyl (C=O) groups is 4. The summed E-state index contributed by atoms with van der Waals surface area (Å²) in [6.45, 7) is 9.27. The summed E-state index contributed by atoms with van der Waals surface area (Å²) in [5.41, 5.74) is 3.29. The number of H-pyrrole nitrogens is 1. The van der Waals surface area contributed by atoms with Crippen LogP contribution in [0.2, 0.25) is 0 Å². The third-order valence-corrected chi connectivity index (χ3v) is 9.35. The smallest absolute Gasteiger partial charge is 0.308 e. The number of para-hydroxylation sites is 1. The van der Waals surface area contributed by atoms with Crippen molar-refractivity contribution >= 4 is 50.5 Å². The van der Waals surface area contributed by atoms with E-state index in [1.807, 2.05) is 52.0 Å². The molecule has 0 spiro atoms. The number of phenols is 1. The zero-order valence-electron chi connectivity index (χ0n) is 27.8. The number of aromatic hydroxyl groups is 1. The van der Waals surface area contributed by atoms with Crippen molar-refractivity contribution in [2.45, 2.75) is 84.5 Å². The van der Waals surface area contributed by atoms with Gasteiger partial charge in [0.25, 0.3) is 0 Å². The van der Waals surface area contributed by atoms with Crippen LogP contribution in [0.1, 0.15) is 71.0 Å². The van der Waals surface area contributed by atoms with Crippen LogP contribution < -0.4 is 10.6 Å². The average Bonchev–Trinajstić information content (AvgIpc) is 3.32. The van der Waals surface area contributed by atoms with Gasteiger partial charge in [-0.05, 0) is 84.8 Å². The van der Waals surface area contributed by atoms with Crippen molar-refractivity contribution in [1.29, 1.82) is 0 Å². The van der Waals surface area contributed by atoms with Gasteiger partial charge < -0.3 is 30.4 Å². The van der Waals surface area contributed by atoms with E-state index >= 15 is 0 Å². The van der Waals surface area contributed by atoms with Crippen molar-refractivity contribution in [3.05, 3.63) is 75.9 Å². The number of likely N-dealkylation sites (N-methyl/N-ethyl adjacent to an activating group) is 1. The zero-order chi connectivity index (χ0) is 34.4. The van der Waals surface area contributed by atoms with Crippen LogP contribution in [0.15, 0.2) is 64.8 Å². The number of cyclic esters (lactones) is 1. The first-order chi connectivity index (χ1) is 22.2. The maximum Gasteiger partial charge on any atom is 0.308 e. The predicted molar refractivity (Wildman–Crippen MR) is 184 cm³/mol. The summed E-state index contributed by atoms with van der Waals surface area (Å²) in [6, 6.07) is 11.2. The van der Waals surface area contributed by atoms with Crippen LogP contribution >= 0.6 is 15.9 Å². The van der Waals surface area contributed by atoms with Gasteiger partial charge in [-0.25, -0.2) is 0 Å². The Morgan fingerprint density at radius 3 is 2.32 bits per heavy atom. The average molecular weight is 710 g/mol. The van der Waals surface area contributed by atoms with Gasteiger partial charge in [0.1, 0.15) is 17.8 Å². The number of hydrogen-bond acceptors (Lipinski definition) is 6. The molecular formula is C36H45BrN4O6. The number of carbonyl (C=O) groups excluding carboxylic acids is 4. The number of nitrogens with one attached hydrogen (secondary N) is 3. The molecule has 252 valence electrons. The van der Waals surface area contributed by atoms with Gasteiger partial charge in [-0.2, -0.15) is 0 Å². The van der Waals surface area contributed by atoms with Crippen molar-refractivity contribution in [3.8, 4) is 5.75 Å². The lowest BCUT2D eigenvalue weighted by Crippen LogP contribution is -2.55. The fourth-order valence-corrected chi connectivity index (χ4v) is 6.87. The molecule has 6 unspecified atom stereocenters. The number of aromatic nitrogens is 1. The molecule has 47 heavy (non-hydrogen) atoms. The summed E-state index contributed by atoms with van der Waals surface area (Å²) in [6.07, 6.45) is 2.76. The summed E-state index contributed by atoms with van der Waals surface area (Å²) in [5.74, 6) is -1.93. The molecule has 0 fully saturated rings. The normalized spacial score (nSPS) is 27.1. The van der Waals surface area contributed by atoms with E-state index in [1.165, 1.54) is 17.0 Å². The maximum absolute atomic E-state index is 14.3. The molecule has 4 N–H and O–H groups in total. The monoisotopic (exact) mass is 708 g/mol. The van der Waals surface area contributed by atoms with Gasteiger partial charge in [-0.1, -0.05) is 55.8 Å². The Labute approximate surface area is 284 Å². The number of ether oxygens (including phenoxy) is 1. The number of amides is 3. The minimum absolute atomic E-state index is 0.0439. The molecule has 4 rings (SSSR count). The molecule has 1 aliphatic rings. The molecule has 2 heterocycles. The molecule has 0 bridgehead atoms. The summed E-state index contributed by atoms with van der Waals surface area (Å²) >= 11 is 3.60. The molecule has 10 nitrogen and oxygen atoms in total. The topological polar surface area (TPSA) is 141 Å². The van der Waals surface area contributed by atoms with Crippen LogP contribution in [0.5, 0.6) is 5.75 Å². The fraction of sp³-hybridized carbons (Fsp3) is 0.444. The summed E-state index contributed by atoms with van der Waals surface area (Å²) in [7, 11) is 1.55. The highest BCUT2D eigenvalue weighted by Gasteiger charge is 2.34. The Bertz CT molecular complexity index is 1630. The highest BCUT2D eigenvalue weighted by Crippen LogP contribution is 2.29. The second-order valence-corrected chi connectivity index (χ2v) is 13.6. The van der Waals surface area contributed by atoms with Gasteiger partial charge in [-0.15, -0.1) is 0 Å². The van der Waals surface area contributed by atoms with E-state index in [2.05, 4.69) is 37.6 Å². The first kappa shape index (κ1) is 35.7. The quantitative estimate of drug-likeness (QED) is 0.203. The van der Waals surface area contributed by atoms with Crippen molar-refractivity contribution in [3.63, 3.8) is 0 Å². The Balaban J connectivity index is 1.74. The lowest BCUT2D eigenvalue weighted by atomic mass is 9.95. The standard InChI is InChI=1S/C36H45BrN4O6/c1-20-15-21(2)17-23(4)47-32(43)19-30(25-11-13-26(42)14-12-25)40-35(45)31(18-28-27-9-7-8-10-29(27)39-33(28)37)41(6)36(46)24(5)38-34(44)22(3)16-20/h7-15,21-24,30-31,39,42H,16-19H2,1-6H3,(H,38,44)(H,40,45)/b20-15+. The van der Waals surface area contributed by atoms with Gasteiger partial charge >= 0.3 is 5.97 Å². The minimum Gasteiger partial charge on any atom is -0.508 e. The number of halogens is 1. The summed E-state index contributed by atoms with van der Waals surface area (Å²) in [5, 5.41) is 16.7. The number of aromatic amines is 1. The van der Waals surface area contributed by atoms with Crippen molar-refractivity contribution in [2.75, 3.05) is 7.05 Å². The maximum atomic E-state index is 14.3. The molecule has 6 atom stereocenters. The van der Waals surface area contributed by atoms with Crippen molar-refractivity contribution < 1.29 is 29.0 Å². The number of rotatable bonds is 3.